The Morgan fingerprint density at radius 3 is 2.53 bits per heavy atom. The Morgan fingerprint density at radius 2 is 1.78 bits per heavy atom. The number of thiazole rings is 1. The summed E-state index contributed by atoms with van der Waals surface area (Å²) in [5, 5.41) is 7.59. The number of anilines is 2. The molecule has 7 nitrogen and oxygen atoms in total. The van der Waals surface area contributed by atoms with Gasteiger partial charge in [0.2, 0.25) is 0 Å². The van der Waals surface area contributed by atoms with E-state index in [0.717, 1.165) is 21.7 Å². The highest BCUT2D eigenvalue weighted by atomic mass is 32.2. The van der Waals surface area contributed by atoms with Crippen molar-refractivity contribution in [3.63, 3.8) is 0 Å². The summed E-state index contributed by atoms with van der Waals surface area (Å²) < 4.78 is 33.3. The smallest absolute Gasteiger partial charge is 0.291 e. The molecule has 0 unspecified atom stereocenters. The van der Waals surface area contributed by atoms with Gasteiger partial charge in [-0.3, -0.25) is 9.52 Å². The first kappa shape index (κ1) is 20.2. The van der Waals surface area contributed by atoms with Crippen molar-refractivity contribution >= 4 is 59.8 Å². The summed E-state index contributed by atoms with van der Waals surface area (Å²) in [6.07, 6.45) is 1.52. The topological polar surface area (TPSA) is 101 Å². The lowest BCUT2D eigenvalue weighted by Crippen LogP contribution is -2.14. The number of hydrogen-bond acceptors (Lipinski definition) is 6. The van der Waals surface area contributed by atoms with Crippen molar-refractivity contribution in [3.8, 4) is 0 Å². The van der Waals surface area contributed by atoms with Crippen LogP contribution in [0.3, 0.4) is 0 Å². The van der Waals surface area contributed by atoms with Gasteiger partial charge in [0.05, 0.1) is 4.90 Å². The number of carbonyl (C=O) groups is 1. The maximum absolute atomic E-state index is 12.9. The van der Waals surface area contributed by atoms with Gasteiger partial charge in [0.1, 0.15) is 5.58 Å². The first-order valence-electron chi connectivity index (χ1n) is 9.67. The van der Waals surface area contributed by atoms with E-state index in [0.29, 0.717) is 11.3 Å². The van der Waals surface area contributed by atoms with Crippen molar-refractivity contribution in [3.05, 3.63) is 83.6 Å². The van der Waals surface area contributed by atoms with Crippen LogP contribution < -0.4 is 10.0 Å². The lowest BCUT2D eigenvalue weighted by Gasteiger charge is -2.07. The zero-order valence-corrected chi connectivity index (χ0v) is 18.5. The molecule has 2 aromatic heterocycles. The molecule has 5 aromatic rings. The van der Waals surface area contributed by atoms with Gasteiger partial charge in [-0.05, 0) is 36.6 Å². The van der Waals surface area contributed by atoms with Gasteiger partial charge in [-0.1, -0.05) is 36.4 Å². The van der Waals surface area contributed by atoms with E-state index >= 15 is 0 Å². The number of hydrogen-bond donors (Lipinski definition) is 2. The van der Waals surface area contributed by atoms with E-state index in [1.165, 1.54) is 41.8 Å². The number of nitrogens with one attached hydrogen (secondary N) is 2. The van der Waals surface area contributed by atoms with Crippen LogP contribution in [0.1, 0.15) is 16.1 Å². The second kappa shape index (κ2) is 7.77. The minimum atomic E-state index is -3.76. The van der Waals surface area contributed by atoms with Gasteiger partial charge < -0.3 is 9.73 Å². The van der Waals surface area contributed by atoms with Crippen molar-refractivity contribution in [1.82, 2.24) is 4.98 Å². The molecule has 0 atom stereocenters. The van der Waals surface area contributed by atoms with Gasteiger partial charge in [0.15, 0.2) is 10.9 Å². The van der Waals surface area contributed by atoms with E-state index in [1.807, 2.05) is 43.3 Å². The summed E-state index contributed by atoms with van der Waals surface area (Å²) in [6.45, 7) is 1.84. The number of sulfonamides is 1. The largest absolute Gasteiger partial charge is 0.450 e. The number of fused-ring (bicyclic) bond motifs is 3. The zero-order chi connectivity index (χ0) is 22.3. The SMILES string of the molecule is Cc1c(C(=O)Nc2ccc(S(=O)(=O)Nc3nccs3)cc2)oc2c1ccc1ccccc12. The summed E-state index contributed by atoms with van der Waals surface area (Å²) in [5.74, 6) is -0.183. The van der Waals surface area contributed by atoms with Crippen molar-refractivity contribution in [2.45, 2.75) is 11.8 Å². The molecule has 9 heteroatoms. The molecule has 0 aliphatic heterocycles. The normalized spacial score (nSPS) is 11.7. The van der Waals surface area contributed by atoms with Gasteiger partial charge in [0, 0.05) is 33.6 Å². The molecule has 1 amide bonds. The van der Waals surface area contributed by atoms with Gasteiger partial charge in [0.25, 0.3) is 15.9 Å². The minimum Gasteiger partial charge on any atom is -0.450 e. The first-order chi connectivity index (χ1) is 15.4. The van der Waals surface area contributed by atoms with Crippen molar-refractivity contribution in [1.29, 1.82) is 0 Å². The van der Waals surface area contributed by atoms with E-state index in [1.54, 1.807) is 5.38 Å². The number of aryl methyl sites for hydroxylation is 1. The van der Waals surface area contributed by atoms with Crippen LogP contribution in [0.4, 0.5) is 10.8 Å². The Hall–Kier alpha value is -3.69. The molecule has 0 saturated heterocycles. The molecule has 2 heterocycles. The van der Waals surface area contributed by atoms with E-state index in [9.17, 15) is 13.2 Å². The third-order valence-electron chi connectivity index (χ3n) is 5.11. The van der Waals surface area contributed by atoms with Gasteiger partial charge in [-0.25, -0.2) is 13.4 Å². The molecule has 0 spiro atoms. The fraction of sp³-hybridized carbons (Fsp3) is 0.0435. The molecule has 0 saturated carbocycles. The van der Waals surface area contributed by atoms with Crippen LogP contribution in [0.25, 0.3) is 21.7 Å². The highest BCUT2D eigenvalue weighted by molar-refractivity contribution is 7.93. The number of amides is 1. The van der Waals surface area contributed by atoms with E-state index < -0.39 is 15.9 Å². The second-order valence-corrected chi connectivity index (χ2v) is 9.72. The third kappa shape index (κ3) is 3.61. The molecule has 2 N–H and O–H groups in total. The Kier molecular flexibility index (Phi) is 4.91. The highest BCUT2D eigenvalue weighted by Gasteiger charge is 2.20. The molecule has 160 valence electrons. The number of carbonyl (C=O) groups excluding carboxylic acids is 1. The van der Waals surface area contributed by atoms with E-state index in [-0.39, 0.29) is 15.8 Å². The number of rotatable bonds is 5. The van der Waals surface area contributed by atoms with Crippen LogP contribution in [0.15, 0.2) is 81.6 Å². The minimum absolute atomic E-state index is 0.0667. The third-order valence-corrected chi connectivity index (χ3v) is 7.28. The number of aromatic nitrogens is 1. The predicted octanol–water partition coefficient (Wildman–Crippen LogP) is 5.40. The Bertz CT molecular complexity index is 1550. The molecule has 3 aromatic carbocycles. The number of benzene rings is 3. The lowest BCUT2D eigenvalue weighted by molar-refractivity contribution is 0.0998. The zero-order valence-electron chi connectivity index (χ0n) is 16.8. The Labute approximate surface area is 187 Å². The Morgan fingerprint density at radius 1 is 1.00 bits per heavy atom. The van der Waals surface area contributed by atoms with Crippen molar-refractivity contribution in [2.75, 3.05) is 10.0 Å². The summed E-state index contributed by atoms with van der Waals surface area (Å²) in [7, 11) is -3.76. The molecular formula is C23H17N3O4S2. The van der Waals surface area contributed by atoms with Crippen LogP contribution >= 0.6 is 11.3 Å². The molecule has 0 radical (unpaired) electrons. The van der Waals surface area contributed by atoms with Crippen LogP contribution in [-0.2, 0) is 10.0 Å². The lowest BCUT2D eigenvalue weighted by atomic mass is 10.1. The van der Waals surface area contributed by atoms with Crippen LogP contribution in [0.2, 0.25) is 0 Å². The fourth-order valence-corrected chi connectivity index (χ4v) is 5.31. The summed E-state index contributed by atoms with van der Waals surface area (Å²) in [4.78, 5) is 16.9. The first-order valence-corrected chi connectivity index (χ1v) is 12.0. The molecule has 0 bridgehead atoms. The van der Waals surface area contributed by atoms with E-state index in [4.69, 9.17) is 4.42 Å². The molecule has 32 heavy (non-hydrogen) atoms. The summed E-state index contributed by atoms with van der Waals surface area (Å²) in [6, 6.07) is 17.7. The van der Waals surface area contributed by atoms with Gasteiger partial charge in [-0.2, -0.15) is 0 Å². The molecule has 0 aliphatic carbocycles. The molecule has 5 rings (SSSR count). The van der Waals surface area contributed by atoms with Crippen molar-refractivity contribution < 1.29 is 17.6 Å². The van der Waals surface area contributed by atoms with Gasteiger partial charge in [-0.15, -0.1) is 11.3 Å². The monoisotopic (exact) mass is 463 g/mol. The van der Waals surface area contributed by atoms with Crippen molar-refractivity contribution in [2.24, 2.45) is 0 Å². The number of nitrogens with zero attached hydrogens (tertiary/aromatic N) is 1. The Balaban J connectivity index is 1.40. The second-order valence-electron chi connectivity index (χ2n) is 7.14. The van der Waals surface area contributed by atoms with E-state index in [2.05, 4.69) is 15.0 Å². The average Bonchev–Trinajstić information content (AvgIpc) is 3.41. The summed E-state index contributed by atoms with van der Waals surface area (Å²) >= 11 is 1.19. The molecule has 0 fully saturated rings. The highest BCUT2D eigenvalue weighted by Crippen LogP contribution is 2.32. The quantitative estimate of drug-likeness (QED) is 0.363. The fourth-order valence-electron chi connectivity index (χ4n) is 3.52. The number of furan rings is 1. The molecule has 0 aliphatic rings. The van der Waals surface area contributed by atoms with Crippen LogP contribution in [-0.4, -0.2) is 19.3 Å². The van der Waals surface area contributed by atoms with Crippen LogP contribution in [0, 0.1) is 6.92 Å². The van der Waals surface area contributed by atoms with Gasteiger partial charge >= 0.3 is 0 Å². The maximum Gasteiger partial charge on any atom is 0.291 e. The van der Waals surface area contributed by atoms with Crippen LogP contribution in [0.5, 0.6) is 0 Å². The molecular weight excluding hydrogens is 446 g/mol. The standard InChI is InChI=1S/C23H17N3O4S2/c1-14-18-11-6-15-4-2-3-5-19(15)21(18)30-20(14)22(27)25-16-7-9-17(10-8-16)32(28,29)26-23-24-12-13-31-23/h2-13H,1H3,(H,24,26)(H,25,27). The maximum atomic E-state index is 12.9. The summed E-state index contributed by atoms with van der Waals surface area (Å²) in [5.41, 5.74) is 1.86. The predicted molar refractivity (Wildman–Crippen MR) is 126 cm³/mol. The average molecular weight is 464 g/mol.